The highest BCUT2D eigenvalue weighted by atomic mass is 19.1. The number of hydrogen-bond donors (Lipinski definition) is 1. The molecule has 0 aliphatic heterocycles. The molecular weight excluding hydrogens is 243 g/mol. The summed E-state index contributed by atoms with van der Waals surface area (Å²) in [5, 5.41) is 13.0. The van der Waals surface area contributed by atoms with E-state index in [0.29, 0.717) is 6.42 Å². The van der Waals surface area contributed by atoms with Crippen molar-refractivity contribution in [1.82, 2.24) is 0 Å². The van der Waals surface area contributed by atoms with E-state index < -0.39 is 22.3 Å². The lowest BCUT2D eigenvalue weighted by Crippen LogP contribution is -2.09. The Hall–Kier alpha value is -2.18. The van der Waals surface area contributed by atoms with Gasteiger partial charge in [-0.15, -0.1) is 0 Å². The number of carbonyl (C=O) groups excluding carboxylic acids is 1. The van der Waals surface area contributed by atoms with Gasteiger partial charge in [-0.2, -0.15) is 0 Å². The van der Waals surface area contributed by atoms with Crippen molar-refractivity contribution in [2.24, 2.45) is 0 Å². The second kappa shape index (κ2) is 5.95. The average molecular weight is 256 g/mol. The highest BCUT2D eigenvalue weighted by molar-refractivity contribution is 5.91. The molecule has 1 N–H and O–H groups in total. The number of nitro groups is 1. The van der Waals surface area contributed by atoms with Gasteiger partial charge in [0.25, 0.3) is 5.69 Å². The predicted molar refractivity (Wildman–Crippen MR) is 63.1 cm³/mol. The number of nitro benzene ring substituents is 1. The van der Waals surface area contributed by atoms with Crippen LogP contribution < -0.4 is 10.1 Å². The Morgan fingerprint density at radius 3 is 2.72 bits per heavy atom. The Labute approximate surface area is 103 Å². The molecule has 1 amide bonds. The number of nitrogens with zero attached hydrogens (tertiary/aromatic N) is 1. The molecule has 98 valence electrons. The standard InChI is InChI=1S/C11H13FN2O4/c1-3-4-18-11-6-10(14(16)17)9(5-8(11)12)13-7(2)15/h5-6H,3-4H2,1-2H3,(H,13,15). The maximum atomic E-state index is 13.6. The van der Waals surface area contributed by atoms with Gasteiger partial charge in [0, 0.05) is 13.0 Å². The third-order valence-corrected chi connectivity index (χ3v) is 2.02. The maximum absolute atomic E-state index is 13.6. The highest BCUT2D eigenvalue weighted by Gasteiger charge is 2.20. The number of hydrogen-bond acceptors (Lipinski definition) is 4. The number of anilines is 1. The summed E-state index contributed by atoms with van der Waals surface area (Å²) < 4.78 is 18.6. The summed E-state index contributed by atoms with van der Waals surface area (Å²) in [6.07, 6.45) is 0.653. The summed E-state index contributed by atoms with van der Waals surface area (Å²) in [6.45, 7) is 3.27. The van der Waals surface area contributed by atoms with E-state index in [4.69, 9.17) is 4.74 Å². The quantitative estimate of drug-likeness (QED) is 0.648. The van der Waals surface area contributed by atoms with E-state index in [9.17, 15) is 19.3 Å². The zero-order valence-electron chi connectivity index (χ0n) is 10.0. The van der Waals surface area contributed by atoms with Crippen LogP contribution in [0.1, 0.15) is 20.3 Å². The normalized spacial score (nSPS) is 9.94. The Morgan fingerprint density at radius 2 is 2.22 bits per heavy atom. The molecule has 0 saturated carbocycles. The lowest BCUT2D eigenvalue weighted by Gasteiger charge is -2.09. The van der Waals surface area contributed by atoms with Crippen LogP contribution in [0.4, 0.5) is 15.8 Å². The van der Waals surface area contributed by atoms with E-state index in [0.717, 1.165) is 12.1 Å². The van der Waals surface area contributed by atoms with Crippen LogP contribution in [0.5, 0.6) is 5.75 Å². The highest BCUT2D eigenvalue weighted by Crippen LogP contribution is 2.32. The summed E-state index contributed by atoms with van der Waals surface area (Å²) in [5.41, 5.74) is -0.591. The van der Waals surface area contributed by atoms with Crippen molar-refractivity contribution in [3.63, 3.8) is 0 Å². The summed E-state index contributed by atoms with van der Waals surface area (Å²) >= 11 is 0. The van der Waals surface area contributed by atoms with Crippen molar-refractivity contribution in [1.29, 1.82) is 0 Å². The zero-order chi connectivity index (χ0) is 13.7. The molecule has 0 heterocycles. The third-order valence-electron chi connectivity index (χ3n) is 2.02. The molecule has 6 nitrogen and oxygen atoms in total. The van der Waals surface area contributed by atoms with Gasteiger partial charge in [0.2, 0.25) is 5.91 Å². The Morgan fingerprint density at radius 1 is 1.56 bits per heavy atom. The summed E-state index contributed by atoms with van der Waals surface area (Å²) in [6, 6.07) is 1.85. The Balaban J connectivity index is 3.16. The molecule has 18 heavy (non-hydrogen) atoms. The zero-order valence-corrected chi connectivity index (χ0v) is 10.0. The van der Waals surface area contributed by atoms with Gasteiger partial charge in [-0.1, -0.05) is 6.92 Å². The van der Waals surface area contributed by atoms with Crippen LogP contribution in [0.25, 0.3) is 0 Å². The minimum Gasteiger partial charge on any atom is -0.490 e. The van der Waals surface area contributed by atoms with E-state index in [1.165, 1.54) is 6.92 Å². The second-order valence-electron chi connectivity index (χ2n) is 3.59. The average Bonchev–Trinajstić information content (AvgIpc) is 2.26. The van der Waals surface area contributed by atoms with Gasteiger partial charge in [0.1, 0.15) is 5.69 Å². The number of benzene rings is 1. The first-order chi connectivity index (χ1) is 8.45. The lowest BCUT2D eigenvalue weighted by atomic mass is 10.2. The van der Waals surface area contributed by atoms with Gasteiger partial charge in [0.05, 0.1) is 17.6 Å². The predicted octanol–water partition coefficient (Wildman–Crippen LogP) is 2.48. The van der Waals surface area contributed by atoms with Gasteiger partial charge >= 0.3 is 0 Å². The maximum Gasteiger partial charge on any atom is 0.296 e. The topological polar surface area (TPSA) is 81.5 Å². The molecule has 0 aliphatic rings. The molecule has 0 aliphatic carbocycles. The molecule has 0 bridgehead atoms. The van der Waals surface area contributed by atoms with Crippen molar-refractivity contribution in [2.75, 3.05) is 11.9 Å². The van der Waals surface area contributed by atoms with Crippen molar-refractivity contribution in [2.45, 2.75) is 20.3 Å². The fraction of sp³-hybridized carbons (Fsp3) is 0.364. The molecule has 0 saturated heterocycles. The fourth-order valence-corrected chi connectivity index (χ4v) is 1.31. The first kappa shape index (κ1) is 13.9. The monoisotopic (exact) mass is 256 g/mol. The van der Waals surface area contributed by atoms with Gasteiger partial charge < -0.3 is 10.1 Å². The SMILES string of the molecule is CCCOc1cc([N+](=O)[O-])c(NC(C)=O)cc1F. The summed E-state index contributed by atoms with van der Waals surface area (Å²) in [5.74, 6) is -1.46. The number of halogens is 1. The molecule has 0 radical (unpaired) electrons. The van der Waals surface area contributed by atoms with Gasteiger partial charge in [-0.25, -0.2) is 4.39 Å². The van der Waals surface area contributed by atoms with E-state index in [2.05, 4.69) is 5.32 Å². The molecule has 7 heteroatoms. The molecule has 0 aromatic heterocycles. The van der Waals surface area contributed by atoms with Crippen molar-refractivity contribution in [3.05, 3.63) is 28.1 Å². The molecule has 0 spiro atoms. The van der Waals surface area contributed by atoms with E-state index in [1.807, 2.05) is 6.92 Å². The number of nitrogens with one attached hydrogen (secondary N) is 1. The smallest absolute Gasteiger partial charge is 0.296 e. The van der Waals surface area contributed by atoms with E-state index in [1.54, 1.807) is 0 Å². The van der Waals surface area contributed by atoms with Gasteiger partial charge in [-0.3, -0.25) is 14.9 Å². The van der Waals surface area contributed by atoms with Crippen molar-refractivity contribution in [3.8, 4) is 5.75 Å². The first-order valence-corrected chi connectivity index (χ1v) is 5.34. The van der Waals surface area contributed by atoms with E-state index >= 15 is 0 Å². The molecule has 0 unspecified atom stereocenters. The second-order valence-corrected chi connectivity index (χ2v) is 3.59. The van der Waals surface area contributed by atoms with Gasteiger partial charge in [-0.05, 0) is 6.42 Å². The number of rotatable bonds is 5. The fourth-order valence-electron chi connectivity index (χ4n) is 1.31. The molecule has 0 fully saturated rings. The summed E-state index contributed by atoms with van der Waals surface area (Å²) in [4.78, 5) is 21.0. The lowest BCUT2D eigenvalue weighted by molar-refractivity contribution is -0.384. The van der Waals surface area contributed by atoms with Crippen LogP contribution in [0.2, 0.25) is 0 Å². The van der Waals surface area contributed by atoms with Crippen LogP contribution in [-0.4, -0.2) is 17.4 Å². The van der Waals surface area contributed by atoms with Crippen LogP contribution in [0, 0.1) is 15.9 Å². The largest absolute Gasteiger partial charge is 0.490 e. The van der Waals surface area contributed by atoms with Crippen LogP contribution in [0.3, 0.4) is 0 Å². The molecule has 1 aromatic rings. The van der Waals surface area contributed by atoms with Crippen LogP contribution in [0.15, 0.2) is 12.1 Å². The third kappa shape index (κ3) is 3.41. The van der Waals surface area contributed by atoms with Crippen LogP contribution in [-0.2, 0) is 4.79 Å². The van der Waals surface area contributed by atoms with Crippen molar-refractivity contribution >= 4 is 17.3 Å². The van der Waals surface area contributed by atoms with Crippen LogP contribution >= 0.6 is 0 Å². The molecule has 1 rings (SSSR count). The minimum absolute atomic E-state index is 0.186. The van der Waals surface area contributed by atoms with Crippen molar-refractivity contribution < 1.29 is 18.8 Å². The Bertz CT molecular complexity index is 476. The molecule has 1 aromatic carbocycles. The minimum atomic E-state index is -0.752. The Kier molecular flexibility index (Phi) is 4.59. The number of carbonyl (C=O) groups is 1. The van der Waals surface area contributed by atoms with E-state index in [-0.39, 0.29) is 18.0 Å². The summed E-state index contributed by atoms with van der Waals surface area (Å²) in [7, 11) is 0. The molecule has 0 atom stereocenters. The number of amides is 1. The molecular formula is C11H13FN2O4. The van der Waals surface area contributed by atoms with Gasteiger partial charge in [0.15, 0.2) is 11.6 Å². The number of ether oxygens (including phenoxy) is 1. The first-order valence-electron chi connectivity index (χ1n) is 5.34.